The van der Waals surface area contributed by atoms with Crippen LogP contribution in [-0.2, 0) is 0 Å². The van der Waals surface area contributed by atoms with Crippen LogP contribution in [0, 0.1) is 11.8 Å². The number of fused-ring (bicyclic) bond motifs is 1. The van der Waals surface area contributed by atoms with E-state index in [0.29, 0.717) is 6.10 Å². The molecule has 0 bridgehead atoms. The molecule has 26 heavy (non-hydrogen) atoms. The van der Waals surface area contributed by atoms with Crippen molar-refractivity contribution in [2.24, 2.45) is 11.8 Å². The van der Waals surface area contributed by atoms with Crippen LogP contribution in [0.5, 0.6) is 5.75 Å². The number of ether oxygens (including phenoxy) is 1. The second-order valence-corrected chi connectivity index (χ2v) is 8.77. The molecule has 0 saturated heterocycles. The molecule has 1 aromatic heterocycles. The fraction of sp³-hybridized carbons (Fsp3) is 0.609. The van der Waals surface area contributed by atoms with Crippen LogP contribution in [0.1, 0.15) is 51.4 Å². The highest BCUT2D eigenvalue weighted by molar-refractivity contribution is 5.82. The number of aromatic nitrogens is 1. The summed E-state index contributed by atoms with van der Waals surface area (Å²) in [6.45, 7) is 2.73. The van der Waals surface area contributed by atoms with Gasteiger partial charge in [0.2, 0.25) is 0 Å². The third kappa shape index (κ3) is 4.03. The number of rotatable bonds is 7. The Balaban J connectivity index is 1.17. The van der Waals surface area contributed by atoms with Crippen molar-refractivity contribution in [3.63, 3.8) is 0 Å². The lowest BCUT2D eigenvalue weighted by atomic mass is 9.91. The van der Waals surface area contributed by atoms with Gasteiger partial charge in [-0.15, -0.1) is 0 Å². The number of hydrogen-bond donors (Lipinski definition) is 0. The van der Waals surface area contributed by atoms with Crippen molar-refractivity contribution in [3.8, 4) is 5.75 Å². The molecular weight excluding hydrogens is 320 g/mol. The first-order chi connectivity index (χ1) is 12.8. The van der Waals surface area contributed by atoms with Crippen LogP contribution in [0.15, 0.2) is 36.7 Å². The van der Waals surface area contributed by atoms with Gasteiger partial charge < -0.3 is 4.74 Å². The minimum absolute atomic E-state index is 0.384. The molecule has 2 aromatic rings. The first kappa shape index (κ1) is 16.6. The summed E-state index contributed by atoms with van der Waals surface area (Å²) in [6.07, 6.45) is 15.0. The van der Waals surface area contributed by atoms with E-state index in [1.807, 2.05) is 12.4 Å². The number of hydrogen-bond acceptors (Lipinski definition) is 3. The zero-order chi connectivity index (χ0) is 17.3. The first-order valence-corrected chi connectivity index (χ1v) is 10.6. The predicted molar refractivity (Wildman–Crippen MR) is 105 cm³/mol. The van der Waals surface area contributed by atoms with E-state index in [9.17, 15) is 0 Å². The van der Waals surface area contributed by atoms with Crippen LogP contribution < -0.4 is 4.74 Å². The van der Waals surface area contributed by atoms with Gasteiger partial charge in [0.05, 0.1) is 6.10 Å². The molecule has 0 atom stereocenters. The maximum Gasteiger partial charge on any atom is 0.120 e. The normalized spacial score (nSPS) is 26.3. The van der Waals surface area contributed by atoms with Gasteiger partial charge in [-0.05, 0) is 92.9 Å². The summed E-state index contributed by atoms with van der Waals surface area (Å²) in [5.41, 5.74) is 0. The van der Waals surface area contributed by atoms with Gasteiger partial charge >= 0.3 is 0 Å². The molecule has 1 aromatic carbocycles. The molecule has 0 amide bonds. The average Bonchev–Trinajstić information content (AvgIpc) is 3.58. The molecule has 3 aliphatic carbocycles. The van der Waals surface area contributed by atoms with Crippen LogP contribution >= 0.6 is 0 Å². The molecule has 0 N–H and O–H groups in total. The molecule has 3 aliphatic rings. The lowest BCUT2D eigenvalue weighted by molar-refractivity contribution is 0.0825. The SMILES string of the molecule is c1cc2cc(O[C@H]3CC[C@H](N(CC4CC4)CC4CC4)CC3)ccc2cn1. The van der Waals surface area contributed by atoms with E-state index < -0.39 is 0 Å². The van der Waals surface area contributed by atoms with Crippen molar-refractivity contribution < 1.29 is 4.74 Å². The summed E-state index contributed by atoms with van der Waals surface area (Å²) in [5.74, 6) is 3.03. The summed E-state index contributed by atoms with van der Waals surface area (Å²) in [4.78, 5) is 7.04. The second-order valence-electron chi connectivity index (χ2n) is 8.77. The standard InChI is InChI=1S/C23H30N2O/c1-2-17(1)15-25(16-18-3-4-18)21-6-9-22(10-7-21)26-23-8-5-20-14-24-12-11-19(20)13-23/h5,8,11-14,17-18,21-22H,1-4,6-7,9-10,15-16H2/t21-,22-. The summed E-state index contributed by atoms with van der Waals surface area (Å²) in [5, 5.41) is 2.39. The number of benzene rings is 1. The summed E-state index contributed by atoms with van der Waals surface area (Å²) >= 11 is 0. The van der Waals surface area contributed by atoms with E-state index in [1.54, 1.807) is 0 Å². The average molecular weight is 351 g/mol. The van der Waals surface area contributed by atoms with Crippen LogP contribution in [0.3, 0.4) is 0 Å². The maximum absolute atomic E-state index is 6.34. The Kier molecular flexibility index (Phi) is 4.58. The van der Waals surface area contributed by atoms with E-state index in [-0.39, 0.29) is 0 Å². The molecule has 3 heteroatoms. The third-order valence-electron chi connectivity index (χ3n) is 6.45. The van der Waals surface area contributed by atoms with Gasteiger partial charge in [-0.25, -0.2) is 0 Å². The maximum atomic E-state index is 6.34. The second kappa shape index (κ2) is 7.19. The Morgan fingerprint density at radius 2 is 1.58 bits per heavy atom. The van der Waals surface area contributed by atoms with E-state index in [0.717, 1.165) is 23.6 Å². The topological polar surface area (TPSA) is 25.4 Å². The van der Waals surface area contributed by atoms with Gasteiger partial charge in [0, 0.05) is 36.9 Å². The Morgan fingerprint density at radius 3 is 2.27 bits per heavy atom. The number of pyridine rings is 1. The molecule has 3 fully saturated rings. The zero-order valence-corrected chi connectivity index (χ0v) is 15.6. The molecular formula is C23H30N2O. The van der Waals surface area contributed by atoms with Gasteiger partial charge in [0.25, 0.3) is 0 Å². The van der Waals surface area contributed by atoms with Gasteiger partial charge in [0.1, 0.15) is 5.75 Å². The van der Waals surface area contributed by atoms with Gasteiger partial charge in [0.15, 0.2) is 0 Å². The van der Waals surface area contributed by atoms with Gasteiger partial charge in [-0.3, -0.25) is 9.88 Å². The Bertz CT molecular complexity index is 731. The molecule has 0 spiro atoms. The predicted octanol–water partition coefficient (Wildman–Crippen LogP) is 5.05. The minimum Gasteiger partial charge on any atom is -0.490 e. The van der Waals surface area contributed by atoms with Crippen molar-refractivity contribution in [1.29, 1.82) is 0 Å². The number of nitrogens with zero attached hydrogens (tertiary/aromatic N) is 2. The monoisotopic (exact) mass is 350 g/mol. The van der Waals surface area contributed by atoms with Crippen LogP contribution in [0.2, 0.25) is 0 Å². The summed E-state index contributed by atoms with van der Waals surface area (Å²) in [6, 6.07) is 9.25. The van der Waals surface area contributed by atoms with Gasteiger partial charge in [-0.2, -0.15) is 0 Å². The quantitative estimate of drug-likeness (QED) is 0.699. The van der Waals surface area contributed by atoms with Gasteiger partial charge in [-0.1, -0.05) is 0 Å². The molecule has 5 rings (SSSR count). The van der Waals surface area contributed by atoms with Crippen LogP contribution in [0.4, 0.5) is 0 Å². The first-order valence-electron chi connectivity index (χ1n) is 10.6. The van der Waals surface area contributed by atoms with E-state index in [1.165, 1.54) is 75.2 Å². The van der Waals surface area contributed by atoms with Crippen molar-refractivity contribution in [1.82, 2.24) is 9.88 Å². The van der Waals surface area contributed by atoms with Crippen molar-refractivity contribution in [2.45, 2.75) is 63.5 Å². The largest absolute Gasteiger partial charge is 0.490 e. The lowest BCUT2D eigenvalue weighted by Crippen LogP contribution is -2.42. The summed E-state index contributed by atoms with van der Waals surface area (Å²) < 4.78 is 6.34. The Morgan fingerprint density at radius 1 is 0.846 bits per heavy atom. The smallest absolute Gasteiger partial charge is 0.120 e. The fourth-order valence-corrected chi connectivity index (χ4v) is 4.49. The van der Waals surface area contributed by atoms with Crippen molar-refractivity contribution >= 4 is 10.8 Å². The minimum atomic E-state index is 0.384. The highest BCUT2D eigenvalue weighted by Gasteiger charge is 2.34. The highest BCUT2D eigenvalue weighted by Crippen LogP contribution is 2.37. The van der Waals surface area contributed by atoms with E-state index in [2.05, 4.69) is 34.1 Å². The Labute approximate surface area is 156 Å². The van der Waals surface area contributed by atoms with Crippen molar-refractivity contribution in [3.05, 3.63) is 36.7 Å². The summed E-state index contributed by atoms with van der Waals surface area (Å²) in [7, 11) is 0. The third-order valence-corrected chi connectivity index (χ3v) is 6.45. The Hall–Kier alpha value is -1.61. The van der Waals surface area contributed by atoms with E-state index in [4.69, 9.17) is 4.74 Å². The fourth-order valence-electron chi connectivity index (χ4n) is 4.49. The molecule has 3 saturated carbocycles. The van der Waals surface area contributed by atoms with E-state index >= 15 is 0 Å². The molecule has 0 aliphatic heterocycles. The van der Waals surface area contributed by atoms with Crippen LogP contribution in [0.25, 0.3) is 10.8 Å². The molecule has 0 radical (unpaired) electrons. The molecule has 138 valence electrons. The van der Waals surface area contributed by atoms with Crippen LogP contribution in [-0.4, -0.2) is 35.1 Å². The van der Waals surface area contributed by atoms with Crippen molar-refractivity contribution in [2.75, 3.05) is 13.1 Å². The molecule has 3 nitrogen and oxygen atoms in total. The lowest BCUT2D eigenvalue weighted by Gasteiger charge is -2.37. The zero-order valence-electron chi connectivity index (χ0n) is 15.6. The molecule has 1 heterocycles. The molecule has 0 unspecified atom stereocenters. The highest BCUT2D eigenvalue weighted by atomic mass is 16.5.